The fourth-order valence-corrected chi connectivity index (χ4v) is 2.56. The first kappa shape index (κ1) is 12.7. The predicted molar refractivity (Wildman–Crippen MR) is 65.4 cm³/mol. The van der Waals surface area contributed by atoms with Crippen LogP contribution < -0.4 is 10.5 Å². The molecule has 0 saturated heterocycles. The number of furan rings is 1. The number of hydrogen-bond donors (Lipinski definition) is 2. The summed E-state index contributed by atoms with van der Waals surface area (Å²) >= 11 is 0. The highest BCUT2D eigenvalue weighted by molar-refractivity contribution is 7.92. The zero-order valence-electron chi connectivity index (χ0n) is 10.0. The molecule has 0 aromatic carbocycles. The first-order valence-corrected chi connectivity index (χ1v) is 6.72. The normalized spacial score (nSPS) is 11.7. The maximum absolute atomic E-state index is 12.0. The van der Waals surface area contributed by atoms with Gasteiger partial charge in [0.15, 0.2) is 0 Å². The summed E-state index contributed by atoms with van der Waals surface area (Å²) in [5.41, 5.74) is 6.37. The summed E-state index contributed by atoms with van der Waals surface area (Å²) in [6.45, 7) is 1.87. The summed E-state index contributed by atoms with van der Waals surface area (Å²) in [5, 5.41) is 3.89. The minimum atomic E-state index is -3.74. The highest BCUT2D eigenvalue weighted by Crippen LogP contribution is 2.20. The summed E-state index contributed by atoms with van der Waals surface area (Å²) in [6.07, 6.45) is 1.58. The van der Waals surface area contributed by atoms with Crippen molar-refractivity contribution >= 4 is 15.7 Å². The van der Waals surface area contributed by atoms with Crippen LogP contribution in [0.5, 0.6) is 0 Å². The molecule has 0 aliphatic carbocycles. The zero-order valence-corrected chi connectivity index (χ0v) is 10.9. The largest absolute Gasteiger partial charge is 0.446 e. The number of rotatable bonds is 4. The number of hydrogen-bond acceptors (Lipinski definition) is 5. The van der Waals surface area contributed by atoms with E-state index in [1.54, 1.807) is 20.2 Å². The lowest BCUT2D eigenvalue weighted by Gasteiger charge is -2.03. The number of nitrogens with two attached hydrogens (primary N) is 1. The van der Waals surface area contributed by atoms with Crippen LogP contribution in [0, 0.1) is 6.92 Å². The summed E-state index contributed by atoms with van der Waals surface area (Å²) in [7, 11) is -2.02. The lowest BCUT2D eigenvalue weighted by Crippen LogP contribution is -2.12. The Morgan fingerprint density at radius 1 is 1.50 bits per heavy atom. The third-order valence-corrected chi connectivity index (χ3v) is 3.60. The molecule has 18 heavy (non-hydrogen) atoms. The molecule has 0 aliphatic rings. The van der Waals surface area contributed by atoms with Crippen LogP contribution in [0.1, 0.15) is 11.5 Å². The average molecular weight is 270 g/mol. The fourth-order valence-electron chi connectivity index (χ4n) is 1.51. The molecular formula is C10H14N4O3S. The number of sulfonamides is 1. The Morgan fingerprint density at radius 2 is 2.22 bits per heavy atom. The van der Waals surface area contributed by atoms with Gasteiger partial charge in [-0.2, -0.15) is 13.5 Å². The molecule has 0 atom stereocenters. The predicted octanol–water partition coefficient (Wildman–Crippen LogP) is 0.581. The van der Waals surface area contributed by atoms with E-state index in [4.69, 9.17) is 10.2 Å². The molecule has 8 heteroatoms. The van der Waals surface area contributed by atoms with Gasteiger partial charge in [-0.1, -0.05) is 0 Å². The van der Waals surface area contributed by atoms with Crippen LogP contribution >= 0.6 is 0 Å². The van der Waals surface area contributed by atoms with Crippen LogP contribution in [0.2, 0.25) is 0 Å². The molecule has 0 bridgehead atoms. The first-order valence-electron chi connectivity index (χ1n) is 5.24. The lowest BCUT2D eigenvalue weighted by molar-refractivity contribution is 0.417. The van der Waals surface area contributed by atoms with Crippen LogP contribution in [-0.2, 0) is 23.6 Å². The molecule has 0 aliphatic heterocycles. The summed E-state index contributed by atoms with van der Waals surface area (Å²) in [5.74, 6) is 0.415. The molecule has 0 radical (unpaired) electrons. The summed E-state index contributed by atoms with van der Waals surface area (Å²) in [6, 6.07) is 2.90. The van der Waals surface area contributed by atoms with Gasteiger partial charge in [0.25, 0.3) is 10.0 Å². The highest BCUT2D eigenvalue weighted by Gasteiger charge is 2.20. The smallest absolute Gasteiger partial charge is 0.295 e. The SMILES string of the molecule is Cc1nn(C)cc1NS(=O)(=O)c1ccc(CN)o1. The van der Waals surface area contributed by atoms with E-state index < -0.39 is 10.0 Å². The molecule has 3 N–H and O–H groups in total. The van der Waals surface area contributed by atoms with E-state index in [-0.39, 0.29) is 11.6 Å². The highest BCUT2D eigenvalue weighted by atomic mass is 32.2. The average Bonchev–Trinajstić information content (AvgIpc) is 2.86. The molecular weight excluding hydrogens is 256 g/mol. The standard InChI is InChI=1S/C10H14N4O3S/c1-7-9(6-14(2)12-7)13-18(15,16)10-4-3-8(5-11)17-10/h3-4,6,13H,5,11H2,1-2H3. The maximum Gasteiger partial charge on any atom is 0.295 e. The van der Waals surface area contributed by atoms with Gasteiger partial charge < -0.3 is 10.2 Å². The molecule has 7 nitrogen and oxygen atoms in total. The minimum Gasteiger partial charge on any atom is -0.446 e. The molecule has 0 amide bonds. The van der Waals surface area contributed by atoms with Crippen molar-refractivity contribution in [3.8, 4) is 0 Å². The van der Waals surface area contributed by atoms with Gasteiger partial charge in [-0.15, -0.1) is 0 Å². The van der Waals surface area contributed by atoms with Crippen LogP contribution in [0.15, 0.2) is 27.8 Å². The van der Waals surface area contributed by atoms with Crippen molar-refractivity contribution in [1.82, 2.24) is 9.78 Å². The number of nitrogens with zero attached hydrogens (tertiary/aromatic N) is 2. The van der Waals surface area contributed by atoms with Gasteiger partial charge in [0.05, 0.1) is 17.9 Å². The topological polar surface area (TPSA) is 103 Å². The Morgan fingerprint density at radius 3 is 2.72 bits per heavy atom. The molecule has 2 rings (SSSR count). The van der Waals surface area contributed by atoms with Crippen molar-refractivity contribution in [3.63, 3.8) is 0 Å². The van der Waals surface area contributed by atoms with Crippen molar-refractivity contribution in [2.75, 3.05) is 4.72 Å². The summed E-state index contributed by atoms with van der Waals surface area (Å²) < 4.78 is 33.1. The second-order valence-electron chi connectivity index (χ2n) is 3.83. The quantitative estimate of drug-likeness (QED) is 0.846. The van der Waals surface area contributed by atoms with Crippen molar-refractivity contribution in [2.24, 2.45) is 12.8 Å². The third-order valence-electron chi connectivity index (χ3n) is 2.36. The number of aryl methyl sites for hydroxylation is 2. The monoisotopic (exact) mass is 270 g/mol. The second-order valence-corrected chi connectivity index (χ2v) is 5.45. The van der Waals surface area contributed by atoms with Gasteiger partial charge >= 0.3 is 0 Å². The van der Waals surface area contributed by atoms with Gasteiger partial charge in [0, 0.05) is 13.2 Å². The van der Waals surface area contributed by atoms with E-state index in [0.717, 1.165) is 0 Å². The fraction of sp³-hybridized carbons (Fsp3) is 0.300. The Labute approximate surface area is 105 Å². The minimum absolute atomic E-state index is 0.154. The lowest BCUT2D eigenvalue weighted by atomic mass is 10.4. The van der Waals surface area contributed by atoms with Gasteiger partial charge in [-0.25, -0.2) is 0 Å². The van der Waals surface area contributed by atoms with E-state index >= 15 is 0 Å². The molecule has 2 aromatic heterocycles. The zero-order chi connectivity index (χ0) is 13.3. The van der Waals surface area contributed by atoms with Crippen LogP contribution in [0.4, 0.5) is 5.69 Å². The molecule has 0 unspecified atom stereocenters. The van der Waals surface area contributed by atoms with Crippen molar-refractivity contribution in [1.29, 1.82) is 0 Å². The number of aromatic nitrogens is 2. The number of nitrogens with one attached hydrogen (secondary N) is 1. The van der Waals surface area contributed by atoms with Gasteiger partial charge in [-0.05, 0) is 19.1 Å². The van der Waals surface area contributed by atoms with Crippen molar-refractivity contribution in [2.45, 2.75) is 18.6 Å². The van der Waals surface area contributed by atoms with E-state index in [2.05, 4.69) is 9.82 Å². The Kier molecular flexibility index (Phi) is 3.14. The molecule has 2 heterocycles. The van der Waals surface area contributed by atoms with Gasteiger partial charge in [0.1, 0.15) is 5.76 Å². The van der Waals surface area contributed by atoms with E-state index in [0.29, 0.717) is 17.1 Å². The van der Waals surface area contributed by atoms with Crippen LogP contribution in [0.3, 0.4) is 0 Å². The van der Waals surface area contributed by atoms with Gasteiger partial charge in [-0.3, -0.25) is 9.40 Å². The van der Waals surface area contributed by atoms with Crippen LogP contribution in [-0.4, -0.2) is 18.2 Å². The van der Waals surface area contributed by atoms with E-state index in [1.807, 2.05) is 0 Å². The second kappa shape index (κ2) is 4.46. The van der Waals surface area contributed by atoms with E-state index in [1.165, 1.54) is 16.8 Å². The molecule has 0 spiro atoms. The van der Waals surface area contributed by atoms with Crippen molar-refractivity contribution < 1.29 is 12.8 Å². The van der Waals surface area contributed by atoms with Gasteiger partial charge in [0.2, 0.25) is 5.09 Å². The molecule has 0 fully saturated rings. The van der Waals surface area contributed by atoms with Crippen LogP contribution in [0.25, 0.3) is 0 Å². The van der Waals surface area contributed by atoms with E-state index in [9.17, 15) is 8.42 Å². The molecule has 0 saturated carbocycles. The Hall–Kier alpha value is -1.80. The Balaban J connectivity index is 2.29. The van der Waals surface area contributed by atoms with Crippen molar-refractivity contribution in [3.05, 3.63) is 29.8 Å². The first-order chi connectivity index (χ1) is 8.42. The summed E-state index contributed by atoms with van der Waals surface area (Å²) in [4.78, 5) is 0. The number of anilines is 1. The maximum atomic E-state index is 12.0. The molecule has 2 aromatic rings. The Bertz CT molecular complexity index is 656. The third kappa shape index (κ3) is 2.39. The molecule has 98 valence electrons.